The van der Waals surface area contributed by atoms with Gasteiger partial charge in [0.05, 0.1) is 12.2 Å². The van der Waals surface area contributed by atoms with Crippen LogP contribution >= 0.6 is 31.9 Å². The molecule has 2 nitrogen and oxygen atoms in total. The van der Waals surface area contributed by atoms with E-state index in [1.54, 1.807) is 0 Å². The maximum absolute atomic E-state index is 6.66. The van der Waals surface area contributed by atoms with E-state index in [1.807, 2.05) is 0 Å². The van der Waals surface area contributed by atoms with Crippen molar-refractivity contribution in [3.05, 3.63) is 82.7 Å². The fourth-order valence-electron chi connectivity index (χ4n) is 6.49. The molecule has 8 atom stereocenters. The van der Waals surface area contributed by atoms with Gasteiger partial charge in [0.1, 0.15) is 11.9 Å². The average molecular weight is 516 g/mol. The molecular weight excluding hydrogens is 492 g/mol. The van der Waals surface area contributed by atoms with Gasteiger partial charge in [0, 0.05) is 32.5 Å². The van der Waals surface area contributed by atoms with Crippen molar-refractivity contribution in [3.8, 4) is 0 Å². The summed E-state index contributed by atoms with van der Waals surface area (Å²) in [6, 6.07) is 0. The van der Waals surface area contributed by atoms with Gasteiger partial charge in [-0.25, -0.2) is 0 Å². The van der Waals surface area contributed by atoms with E-state index in [0.717, 1.165) is 29.5 Å². The summed E-state index contributed by atoms with van der Waals surface area (Å²) in [6.07, 6.45) is 28.7. The van der Waals surface area contributed by atoms with Crippen molar-refractivity contribution in [2.24, 2.45) is 23.2 Å². The highest BCUT2D eigenvalue weighted by Crippen LogP contribution is 2.65. The number of hydrogen-bond donors (Lipinski definition) is 0. The molecule has 0 amide bonds. The van der Waals surface area contributed by atoms with E-state index in [-0.39, 0.29) is 29.6 Å². The van der Waals surface area contributed by atoms with Crippen molar-refractivity contribution >= 4 is 31.9 Å². The maximum atomic E-state index is 6.66. The third-order valence-electron chi connectivity index (χ3n) is 7.49. The highest BCUT2D eigenvalue weighted by atomic mass is 79.9. The van der Waals surface area contributed by atoms with Crippen molar-refractivity contribution in [2.75, 3.05) is 0 Å². The lowest BCUT2D eigenvalue weighted by molar-refractivity contribution is -0.168. The molecule has 6 aliphatic rings. The third kappa shape index (κ3) is 2.68. The predicted octanol–water partition coefficient (Wildman–Crippen LogP) is 6.29. The zero-order chi connectivity index (χ0) is 19.6. The van der Waals surface area contributed by atoms with E-state index < -0.39 is 0 Å². The molecule has 8 unspecified atom stereocenters. The summed E-state index contributed by atoms with van der Waals surface area (Å²) in [4.78, 5) is 0.354. The Kier molecular flexibility index (Phi) is 4.48. The first-order valence-corrected chi connectivity index (χ1v) is 12.3. The zero-order valence-electron chi connectivity index (χ0n) is 16.1. The van der Waals surface area contributed by atoms with Crippen LogP contribution in [-0.4, -0.2) is 23.1 Å². The maximum Gasteiger partial charge on any atom is 0.124 e. The smallest absolute Gasteiger partial charge is 0.124 e. The van der Waals surface area contributed by atoms with Crippen LogP contribution in [0.4, 0.5) is 0 Å². The van der Waals surface area contributed by atoms with Crippen molar-refractivity contribution in [2.45, 2.75) is 42.4 Å². The molecule has 4 heteroatoms. The lowest BCUT2D eigenvalue weighted by atomic mass is 9.47. The molecule has 0 saturated carbocycles. The summed E-state index contributed by atoms with van der Waals surface area (Å²) in [7, 11) is 0. The predicted molar refractivity (Wildman–Crippen MR) is 123 cm³/mol. The Morgan fingerprint density at radius 2 is 1.86 bits per heavy atom. The molecule has 2 saturated heterocycles. The summed E-state index contributed by atoms with van der Waals surface area (Å²) < 4.78 is 14.4. The number of alkyl halides is 1. The number of rotatable bonds is 0. The molecule has 0 N–H and O–H groups in total. The summed E-state index contributed by atoms with van der Waals surface area (Å²) in [5, 5.41) is 0. The van der Waals surface area contributed by atoms with E-state index in [9.17, 15) is 0 Å². The lowest BCUT2D eigenvalue weighted by Crippen LogP contribution is -2.63. The van der Waals surface area contributed by atoms with Gasteiger partial charge in [-0.15, -0.1) is 0 Å². The minimum atomic E-state index is -0.0510. The average Bonchev–Trinajstić information content (AvgIpc) is 2.74. The normalized spacial score (nSPS) is 46.6. The summed E-state index contributed by atoms with van der Waals surface area (Å²) in [6.45, 7) is 0. The zero-order valence-corrected chi connectivity index (χ0v) is 19.3. The molecule has 2 aliphatic heterocycles. The Balaban J connectivity index is 1.63. The van der Waals surface area contributed by atoms with Gasteiger partial charge in [-0.3, -0.25) is 0 Å². The number of allylic oxidation sites excluding steroid dienone is 8. The van der Waals surface area contributed by atoms with Crippen LogP contribution in [0.3, 0.4) is 0 Å². The van der Waals surface area contributed by atoms with E-state index in [1.165, 1.54) is 5.57 Å². The monoisotopic (exact) mass is 514 g/mol. The van der Waals surface area contributed by atoms with Gasteiger partial charge in [0.25, 0.3) is 0 Å². The van der Waals surface area contributed by atoms with Gasteiger partial charge >= 0.3 is 0 Å². The molecule has 2 fully saturated rings. The van der Waals surface area contributed by atoms with Crippen molar-refractivity contribution in [1.29, 1.82) is 0 Å². The summed E-state index contributed by atoms with van der Waals surface area (Å²) in [5.74, 6) is 2.09. The molecule has 0 aromatic carbocycles. The van der Waals surface area contributed by atoms with Gasteiger partial charge in [-0.1, -0.05) is 80.5 Å². The molecule has 2 heterocycles. The van der Waals surface area contributed by atoms with Gasteiger partial charge in [-0.2, -0.15) is 0 Å². The summed E-state index contributed by atoms with van der Waals surface area (Å²) in [5.41, 5.74) is 1.34. The second kappa shape index (κ2) is 6.96. The molecule has 0 aromatic rings. The number of fused-ring (bicyclic) bond motifs is 8. The van der Waals surface area contributed by atoms with Gasteiger partial charge < -0.3 is 9.47 Å². The second-order valence-electron chi connectivity index (χ2n) is 8.83. The van der Waals surface area contributed by atoms with Crippen LogP contribution in [0.15, 0.2) is 82.7 Å². The van der Waals surface area contributed by atoms with Crippen LogP contribution in [0, 0.1) is 23.2 Å². The SMILES string of the molecule is BrC1=CC2C(C=C1)OC1=CCC(Br)C=C1C21C2C=CC=CC2OC2C=CCCC21. The molecule has 1 spiro atoms. The Morgan fingerprint density at radius 1 is 0.966 bits per heavy atom. The standard InChI is InChI=1S/C25H24Br2O2/c26-15-9-11-23-19(13-15)25(20-14-16(27)10-12-24(20)29-23)17-5-1-3-7-21(17)28-22-8-4-2-6-18(22)25/h1,3-5,7-9,11-14,16-19,21-23H,2,6,10H2. The van der Waals surface area contributed by atoms with E-state index in [2.05, 4.69) is 98.7 Å². The van der Waals surface area contributed by atoms with Crippen molar-refractivity contribution in [1.82, 2.24) is 0 Å². The van der Waals surface area contributed by atoms with E-state index in [4.69, 9.17) is 9.47 Å². The Labute approximate surface area is 189 Å². The molecule has 6 rings (SSSR count). The molecular formula is C25H24Br2O2. The first-order chi connectivity index (χ1) is 14.2. The number of ether oxygens (including phenoxy) is 2. The quantitative estimate of drug-likeness (QED) is 0.279. The van der Waals surface area contributed by atoms with E-state index in [0.29, 0.717) is 16.7 Å². The van der Waals surface area contributed by atoms with Gasteiger partial charge in [-0.05, 0) is 43.1 Å². The number of hydrogen-bond acceptors (Lipinski definition) is 2. The third-order valence-corrected chi connectivity index (χ3v) is 8.66. The van der Waals surface area contributed by atoms with Crippen LogP contribution in [-0.2, 0) is 9.47 Å². The molecule has 0 aromatic heterocycles. The van der Waals surface area contributed by atoms with Crippen LogP contribution in [0.2, 0.25) is 0 Å². The van der Waals surface area contributed by atoms with Crippen molar-refractivity contribution in [3.63, 3.8) is 0 Å². The Hall–Kier alpha value is -1.10. The van der Waals surface area contributed by atoms with E-state index >= 15 is 0 Å². The molecule has 150 valence electrons. The Morgan fingerprint density at radius 3 is 2.79 bits per heavy atom. The second-order valence-corrected chi connectivity index (χ2v) is 10.9. The Bertz CT molecular complexity index is 936. The highest BCUT2D eigenvalue weighted by molar-refractivity contribution is 9.11. The fraction of sp³-hybridized carbons (Fsp3) is 0.440. The summed E-state index contributed by atoms with van der Waals surface area (Å²) >= 11 is 7.66. The topological polar surface area (TPSA) is 18.5 Å². The molecule has 0 bridgehead atoms. The molecule has 0 radical (unpaired) electrons. The first-order valence-electron chi connectivity index (χ1n) is 10.6. The van der Waals surface area contributed by atoms with Gasteiger partial charge in [0.15, 0.2) is 0 Å². The van der Waals surface area contributed by atoms with Crippen LogP contribution in [0.25, 0.3) is 0 Å². The largest absolute Gasteiger partial charge is 0.486 e. The van der Waals surface area contributed by atoms with Crippen LogP contribution < -0.4 is 0 Å². The lowest BCUT2D eigenvalue weighted by Gasteiger charge is -2.63. The number of halogens is 2. The van der Waals surface area contributed by atoms with Gasteiger partial charge in [0.2, 0.25) is 0 Å². The highest BCUT2D eigenvalue weighted by Gasteiger charge is 2.64. The molecule has 29 heavy (non-hydrogen) atoms. The fourth-order valence-corrected chi connectivity index (χ4v) is 7.38. The van der Waals surface area contributed by atoms with Crippen LogP contribution in [0.5, 0.6) is 0 Å². The molecule has 4 aliphatic carbocycles. The van der Waals surface area contributed by atoms with Crippen molar-refractivity contribution < 1.29 is 9.47 Å². The minimum Gasteiger partial charge on any atom is -0.486 e. The minimum absolute atomic E-state index is 0.0510. The first kappa shape index (κ1) is 18.7. The van der Waals surface area contributed by atoms with Crippen LogP contribution in [0.1, 0.15) is 19.3 Å².